The number of rotatable bonds is 2. The van der Waals surface area contributed by atoms with E-state index in [1.165, 1.54) is 0 Å². The molecule has 5 nitrogen and oxygen atoms in total. The van der Waals surface area contributed by atoms with Crippen LogP contribution in [0.15, 0.2) is 18.5 Å². The van der Waals surface area contributed by atoms with Crippen LogP contribution in [0.2, 0.25) is 0 Å². The summed E-state index contributed by atoms with van der Waals surface area (Å²) >= 11 is 0. The molecule has 1 aromatic rings. The Labute approximate surface area is 108 Å². The van der Waals surface area contributed by atoms with Gasteiger partial charge >= 0.3 is 0 Å². The lowest BCUT2D eigenvalue weighted by Crippen LogP contribution is -2.34. The molecule has 0 saturated carbocycles. The lowest BCUT2D eigenvalue weighted by molar-refractivity contribution is 0.0763. The van der Waals surface area contributed by atoms with Gasteiger partial charge in [0.05, 0.1) is 5.56 Å². The van der Waals surface area contributed by atoms with Crippen molar-refractivity contribution in [3.63, 3.8) is 0 Å². The Morgan fingerprint density at radius 1 is 1.33 bits per heavy atom. The minimum absolute atomic E-state index is 0.0720. The molecule has 0 unspecified atom stereocenters. The van der Waals surface area contributed by atoms with E-state index in [1.54, 1.807) is 12.4 Å². The average Bonchev–Trinajstić information content (AvgIpc) is 2.62. The molecule has 1 aliphatic rings. The summed E-state index contributed by atoms with van der Waals surface area (Å²) in [6.07, 6.45) is 4.36. The number of anilines is 1. The van der Waals surface area contributed by atoms with E-state index in [2.05, 4.69) is 22.2 Å². The smallest absolute Gasteiger partial charge is 0.257 e. The van der Waals surface area contributed by atoms with E-state index in [0.29, 0.717) is 5.56 Å². The number of hydrogen-bond acceptors (Lipinski definition) is 4. The number of aromatic nitrogens is 1. The highest BCUT2D eigenvalue weighted by atomic mass is 16.2. The summed E-state index contributed by atoms with van der Waals surface area (Å²) in [7, 11) is 3.92. The van der Waals surface area contributed by atoms with E-state index in [4.69, 9.17) is 0 Å². The molecule has 1 aliphatic heterocycles. The summed E-state index contributed by atoms with van der Waals surface area (Å²) in [5.74, 6) is 0.0720. The number of hydrogen-bond donors (Lipinski definition) is 1. The third-order valence-corrected chi connectivity index (χ3v) is 3.33. The van der Waals surface area contributed by atoms with Crippen molar-refractivity contribution in [2.24, 2.45) is 0 Å². The minimum Gasteiger partial charge on any atom is -0.387 e. The highest BCUT2D eigenvalue weighted by Gasteiger charge is 2.20. The second-order valence-electron chi connectivity index (χ2n) is 4.62. The standard InChI is InChI=1S/C13H20N4O/c1-14-12-4-5-15-10-11(12)13(18)17-7-3-6-16(2)8-9-17/h4-5,10H,3,6-9H2,1-2H3,(H,14,15). The van der Waals surface area contributed by atoms with Gasteiger partial charge in [-0.1, -0.05) is 0 Å². The van der Waals surface area contributed by atoms with Gasteiger partial charge in [-0.3, -0.25) is 9.78 Å². The van der Waals surface area contributed by atoms with Crippen molar-refractivity contribution in [3.8, 4) is 0 Å². The van der Waals surface area contributed by atoms with Gasteiger partial charge < -0.3 is 15.1 Å². The predicted octanol–water partition coefficient (Wildman–Crippen LogP) is 0.901. The van der Waals surface area contributed by atoms with Crippen LogP contribution < -0.4 is 5.32 Å². The lowest BCUT2D eigenvalue weighted by atomic mass is 10.2. The quantitative estimate of drug-likeness (QED) is 0.845. The van der Waals surface area contributed by atoms with Gasteiger partial charge in [0.1, 0.15) is 0 Å². The van der Waals surface area contributed by atoms with E-state index >= 15 is 0 Å². The Morgan fingerprint density at radius 3 is 2.94 bits per heavy atom. The van der Waals surface area contributed by atoms with Crippen LogP contribution in [0.3, 0.4) is 0 Å². The van der Waals surface area contributed by atoms with Crippen molar-refractivity contribution in [2.45, 2.75) is 6.42 Å². The van der Waals surface area contributed by atoms with Crippen LogP contribution in [-0.4, -0.2) is 61.0 Å². The summed E-state index contributed by atoms with van der Waals surface area (Å²) in [6, 6.07) is 1.83. The number of carbonyl (C=O) groups excluding carboxylic acids is 1. The number of amides is 1. The van der Waals surface area contributed by atoms with E-state index in [9.17, 15) is 4.79 Å². The second kappa shape index (κ2) is 5.82. The monoisotopic (exact) mass is 248 g/mol. The van der Waals surface area contributed by atoms with E-state index in [0.717, 1.165) is 38.3 Å². The van der Waals surface area contributed by atoms with Crippen molar-refractivity contribution in [1.29, 1.82) is 0 Å². The van der Waals surface area contributed by atoms with Gasteiger partial charge in [0.25, 0.3) is 5.91 Å². The lowest BCUT2D eigenvalue weighted by Gasteiger charge is -2.21. The second-order valence-corrected chi connectivity index (χ2v) is 4.62. The fraction of sp³-hybridized carbons (Fsp3) is 0.538. The Balaban J connectivity index is 2.15. The van der Waals surface area contributed by atoms with Crippen LogP contribution in [0, 0.1) is 0 Å². The maximum absolute atomic E-state index is 12.5. The van der Waals surface area contributed by atoms with Crippen LogP contribution in [0.5, 0.6) is 0 Å². The average molecular weight is 248 g/mol. The molecule has 1 N–H and O–H groups in total. The molecule has 0 spiro atoms. The van der Waals surface area contributed by atoms with Crippen molar-refractivity contribution in [1.82, 2.24) is 14.8 Å². The molecule has 0 atom stereocenters. The molecule has 0 radical (unpaired) electrons. The van der Waals surface area contributed by atoms with Crippen molar-refractivity contribution >= 4 is 11.6 Å². The largest absolute Gasteiger partial charge is 0.387 e. The third kappa shape index (κ3) is 2.79. The van der Waals surface area contributed by atoms with Crippen molar-refractivity contribution < 1.29 is 4.79 Å². The topological polar surface area (TPSA) is 48.5 Å². The first-order chi connectivity index (χ1) is 8.72. The molecule has 1 saturated heterocycles. The number of pyridine rings is 1. The molecule has 2 rings (SSSR count). The van der Waals surface area contributed by atoms with Gasteiger partial charge in [-0.05, 0) is 26.1 Å². The van der Waals surface area contributed by atoms with Gasteiger partial charge in [-0.15, -0.1) is 0 Å². The van der Waals surface area contributed by atoms with Gasteiger partial charge in [-0.25, -0.2) is 0 Å². The first-order valence-electron chi connectivity index (χ1n) is 6.32. The molecule has 1 amide bonds. The molecule has 2 heterocycles. The molecule has 1 fully saturated rings. The third-order valence-electron chi connectivity index (χ3n) is 3.33. The normalized spacial score (nSPS) is 17.3. The van der Waals surface area contributed by atoms with Crippen molar-refractivity contribution in [3.05, 3.63) is 24.0 Å². The molecule has 5 heteroatoms. The maximum atomic E-state index is 12.5. The van der Waals surface area contributed by atoms with Crippen LogP contribution in [-0.2, 0) is 0 Å². The van der Waals surface area contributed by atoms with Crippen LogP contribution in [0.1, 0.15) is 16.8 Å². The van der Waals surface area contributed by atoms with Crippen molar-refractivity contribution in [2.75, 3.05) is 45.6 Å². The van der Waals surface area contributed by atoms with E-state index in [1.807, 2.05) is 18.0 Å². The molecular formula is C13H20N4O. The maximum Gasteiger partial charge on any atom is 0.257 e. The number of carbonyl (C=O) groups is 1. The van der Waals surface area contributed by atoms with E-state index < -0.39 is 0 Å². The van der Waals surface area contributed by atoms with E-state index in [-0.39, 0.29) is 5.91 Å². The minimum atomic E-state index is 0.0720. The zero-order valence-electron chi connectivity index (χ0n) is 11.0. The molecule has 0 bridgehead atoms. The highest BCUT2D eigenvalue weighted by Crippen LogP contribution is 2.16. The van der Waals surface area contributed by atoms with Crippen LogP contribution >= 0.6 is 0 Å². The Bertz CT molecular complexity index is 421. The van der Waals surface area contributed by atoms with Gasteiger partial charge in [-0.2, -0.15) is 0 Å². The first kappa shape index (κ1) is 12.8. The molecule has 98 valence electrons. The summed E-state index contributed by atoms with van der Waals surface area (Å²) < 4.78 is 0. The predicted molar refractivity (Wildman–Crippen MR) is 71.8 cm³/mol. The molecule has 18 heavy (non-hydrogen) atoms. The van der Waals surface area contributed by atoms with Crippen LogP contribution in [0.25, 0.3) is 0 Å². The fourth-order valence-electron chi connectivity index (χ4n) is 2.20. The molecular weight excluding hydrogens is 228 g/mol. The number of nitrogens with zero attached hydrogens (tertiary/aromatic N) is 3. The van der Waals surface area contributed by atoms with Gasteiger partial charge in [0, 0.05) is 44.8 Å². The Kier molecular flexibility index (Phi) is 4.15. The summed E-state index contributed by atoms with van der Waals surface area (Å²) in [5, 5.41) is 3.04. The van der Waals surface area contributed by atoms with Gasteiger partial charge in [0.15, 0.2) is 0 Å². The van der Waals surface area contributed by atoms with Crippen LogP contribution in [0.4, 0.5) is 5.69 Å². The summed E-state index contributed by atoms with van der Waals surface area (Å²) in [4.78, 5) is 20.7. The summed E-state index contributed by atoms with van der Waals surface area (Å²) in [6.45, 7) is 3.59. The zero-order valence-corrected chi connectivity index (χ0v) is 11.0. The molecule has 0 aliphatic carbocycles. The Morgan fingerprint density at radius 2 is 2.17 bits per heavy atom. The summed E-state index contributed by atoms with van der Waals surface area (Å²) in [5.41, 5.74) is 1.50. The first-order valence-corrected chi connectivity index (χ1v) is 6.32. The number of likely N-dealkylation sites (N-methyl/N-ethyl adjacent to an activating group) is 1. The zero-order chi connectivity index (χ0) is 13.0. The number of nitrogens with one attached hydrogen (secondary N) is 1. The van der Waals surface area contributed by atoms with Gasteiger partial charge in [0.2, 0.25) is 0 Å². The fourth-order valence-corrected chi connectivity index (χ4v) is 2.20. The molecule has 1 aromatic heterocycles. The highest BCUT2D eigenvalue weighted by molar-refractivity contribution is 5.99. The Hall–Kier alpha value is -1.62. The molecule has 0 aromatic carbocycles. The SMILES string of the molecule is CNc1ccncc1C(=O)N1CCCN(C)CC1.